The molecule has 2 aliphatic heterocycles. The maximum Gasteiger partial charge on any atom is 0.309 e. The van der Waals surface area contributed by atoms with Gasteiger partial charge in [-0.2, -0.15) is 0 Å². The molecule has 0 saturated carbocycles. The average molecular weight is 155 g/mol. The van der Waals surface area contributed by atoms with Crippen LogP contribution in [-0.2, 0) is 9.59 Å². The maximum absolute atomic E-state index is 10.8. The van der Waals surface area contributed by atoms with Crippen LogP contribution in [-0.4, -0.2) is 37.0 Å². The number of hydrogen-bond donors (Lipinski definition) is 3. The van der Waals surface area contributed by atoms with Crippen molar-refractivity contribution in [2.75, 3.05) is 13.1 Å². The highest BCUT2D eigenvalue weighted by Gasteiger charge is 2.36. The smallest absolute Gasteiger partial charge is 0.309 e. The molecular formula is C6H9N3O2. The summed E-state index contributed by atoms with van der Waals surface area (Å²) in [5, 5.41) is 8.31. The molecule has 3 N–H and O–H groups in total. The summed E-state index contributed by atoms with van der Waals surface area (Å²) in [4.78, 5) is 21.6. The van der Waals surface area contributed by atoms with Crippen molar-refractivity contribution >= 4 is 11.8 Å². The highest BCUT2D eigenvalue weighted by Crippen LogP contribution is 2.03. The van der Waals surface area contributed by atoms with Gasteiger partial charge in [0.05, 0.1) is 12.1 Å². The van der Waals surface area contributed by atoms with E-state index in [4.69, 9.17) is 0 Å². The largest absolute Gasteiger partial charge is 0.342 e. The number of nitrogens with one attached hydrogen (secondary N) is 3. The summed E-state index contributed by atoms with van der Waals surface area (Å²) in [6.45, 7) is 1.49. The van der Waals surface area contributed by atoms with Crippen molar-refractivity contribution in [3.63, 3.8) is 0 Å². The molecule has 2 saturated heterocycles. The molecule has 2 amide bonds. The first-order valence-corrected chi connectivity index (χ1v) is 3.59. The van der Waals surface area contributed by atoms with Crippen molar-refractivity contribution < 1.29 is 9.59 Å². The Bertz CT molecular complexity index is 194. The van der Waals surface area contributed by atoms with Gasteiger partial charge >= 0.3 is 11.8 Å². The van der Waals surface area contributed by atoms with Crippen LogP contribution in [0.4, 0.5) is 0 Å². The van der Waals surface area contributed by atoms with Crippen molar-refractivity contribution in [2.24, 2.45) is 0 Å². The SMILES string of the molecule is O=C1N[C@H]2CNC[C@H]2NC1=O. The molecule has 0 radical (unpaired) electrons. The van der Waals surface area contributed by atoms with E-state index in [-0.39, 0.29) is 12.1 Å². The van der Waals surface area contributed by atoms with Gasteiger partial charge < -0.3 is 16.0 Å². The summed E-state index contributed by atoms with van der Waals surface area (Å²) in [6, 6.07) is 0.167. The molecule has 2 rings (SSSR count). The Balaban J connectivity index is 2.12. The molecule has 0 bridgehead atoms. The Morgan fingerprint density at radius 2 is 1.45 bits per heavy atom. The van der Waals surface area contributed by atoms with E-state index < -0.39 is 11.8 Å². The molecule has 0 aromatic carbocycles. The quantitative estimate of drug-likeness (QED) is 0.341. The van der Waals surface area contributed by atoms with Gasteiger partial charge in [-0.25, -0.2) is 0 Å². The van der Waals surface area contributed by atoms with E-state index >= 15 is 0 Å². The normalized spacial score (nSPS) is 36.0. The van der Waals surface area contributed by atoms with Gasteiger partial charge in [0.15, 0.2) is 0 Å². The van der Waals surface area contributed by atoms with Crippen LogP contribution in [0.1, 0.15) is 0 Å². The van der Waals surface area contributed by atoms with Crippen LogP contribution in [0.25, 0.3) is 0 Å². The Morgan fingerprint density at radius 3 is 1.91 bits per heavy atom. The summed E-state index contributed by atoms with van der Waals surface area (Å²) in [6.07, 6.45) is 0. The van der Waals surface area contributed by atoms with Crippen LogP contribution in [0.3, 0.4) is 0 Å². The zero-order valence-corrected chi connectivity index (χ0v) is 5.89. The zero-order chi connectivity index (χ0) is 7.84. The number of piperazine rings is 1. The average Bonchev–Trinajstić information content (AvgIpc) is 2.36. The number of hydrogen-bond acceptors (Lipinski definition) is 3. The van der Waals surface area contributed by atoms with Gasteiger partial charge in [0.2, 0.25) is 0 Å². The second-order valence-electron chi connectivity index (χ2n) is 2.82. The van der Waals surface area contributed by atoms with E-state index in [0.29, 0.717) is 0 Å². The van der Waals surface area contributed by atoms with E-state index in [0.717, 1.165) is 13.1 Å². The highest BCUT2D eigenvalue weighted by atomic mass is 16.2. The first-order valence-electron chi connectivity index (χ1n) is 3.59. The molecule has 0 spiro atoms. The van der Waals surface area contributed by atoms with Gasteiger partial charge in [-0.1, -0.05) is 0 Å². The Kier molecular flexibility index (Phi) is 1.32. The molecule has 2 aliphatic rings. The monoisotopic (exact) mass is 155 g/mol. The predicted octanol–water partition coefficient (Wildman–Crippen LogP) is -2.43. The lowest BCUT2D eigenvalue weighted by Gasteiger charge is -2.25. The fraction of sp³-hybridized carbons (Fsp3) is 0.667. The minimum atomic E-state index is -0.519. The van der Waals surface area contributed by atoms with Crippen LogP contribution in [0.5, 0.6) is 0 Å². The molecule has 0 unspecified atom stereocenters. The molecular weight excluding hydrogens is 146 g/mol. The first kappa shape index (κ1) is 6.60. The van der Waals surface area contributed by atoms with E-state index in [1.807, 2.05) is 0 Å². The van der Waals surface area contributed by atoms with Gasteiger partial charge in [-0.05, 0) is 0 Å². The van der Waals surface area contributed by atoms with E-state index in [1.165, 1.54) is 0 Å². The fourth-order valence-corrected chi connectivity index (χ4v) is 1.45. The van der Waals surface area contributed by atoms with Crippen LogP contribution in [0.2, 0.25) is 0 Å². The first-order chi connectivity index (χ1) is 5.27. The lowest BCUT2D eigenvalue weighted by molar-refractivity contribution is -0.142. The second kappa shape index (κ2) is 2.20. The molecule has 2 fully saturated rings. The van der Waals surface area contributed by atoms with Crippen LogP contribution in [0, 0.1) is 0 Å². The number of rotatable bonds is 0. The van der Waals surface area contributed by atoms with Crippen molar-refractivity contribution in [2.45, 2.75) is 12.1 Å². The minimum absolute atomic E-state index is 0.0835. The molecule has 0 aliphatic carbocycles. The van der Waals surface area contributed by atoms with Crippen molar-refractivity contribution in [1.82, 2.24) is 16.0 Å². The Hall–Kier alpha value is -1.10. The summed E-state index contributed by atoms with van der Waals surface area (Å²) < 4.78 is 0. The molecule has 60 valence electrons. The Morgan fingerprint density at radius 1 is 1.00 bits per heavy atom. The topological polar surface area (TPSA) is 70.2 Å². The maximum atomic E-state index is 10.8. The fourth-order valence-electron chi connectivity index (χ4n) is 1.45. The van der Waals surface area contributed by atoms with Crippen molar-refractivity contribution in [1.29, 1.82) is 0 Å². The third-order valence-corrected chi connectivity index (χ3v) is 2.05. The van der Waals surface area contributed by atoms with Gasteiger partial charge in [0.1, 0.15) is 0 Å². The summed E-state index contributed by atoms with van der Waals surface area (Å²) >= 11 is 0. The van der Waals surface area contributed by atoms with Gasteiger partial charge in [-0.3, -0.25) is 9.59 Å². The number of fused-ring (bicyclic) bond motifs is 1. The molecule has 0 aromatic rings. The van der Waals surface area contributed by atoms with Crippen LogP contribution in [0.15, 0.2) is 0 Å². The molecule has 5 heteroatoms. The summed E-state index contributed by atoms with van der Waals surface area (Å²) in [5.41, 5.74) is 0. The van der Waals surface area contributed by atoms with Crippen LogP contribution < -0.4 is 16.0 Å². The van der Waals surface area contributed by atoms with Crippen LogP contribution >= 0.6 is 0 Å². The summed E-state index contributed by atoms with van der Waals surface area (Å²) in [5.74, 6) is -1.04. The predicted molar refractivity (Wildman–Crippen MR) is 36.7 cm³/mol. The van der Waals surface area contributed by atoms with Gasteiger partial charge in [0, 0.05) is 13.1 Å². The Labute approximate surface area is 63.5 Å². The lowest BCUT2D eigenvalue weighted by atomic mass is 10.1. The third-order valence-electron chi connectivity index (χ3n) is 2.05. The minimum Gasteiger partial charge on any atom is -0.342 e. The highest BCUT2D eigenvalue weighted by molar-refractivity contribution is 6.35. The molecule has 0 aromatic heterocycles. The molecule has 5 nitrogen and oxygen atoms in total. The molecule has 2 atom stereocenters. The third kappa shape index (κ3) is 0.970. The van der Waals surface area contributed by atoms with Crippen molar-refractivity contribution in [3.8, 4) is 0 Å². The number of amides is 2. The van der Waals surface area contributed by atoms with Gasteiger partial charge in [0.25, 0.3) is 0 Å². The number of carbonyl (C=O) groups is 2. The standard InChI is InChI=1S/C6H9N3O2/c10-5-6(11)9-4-2-7-1-3(4)8-5/h3-4,7H,1-2H2,(H,8,10)(H,9,11)/t3-,4+. The lowest BCUT2D eigenvalue weighted by Crippen LogP contribution is -2.61. The zero-order valence-electron chi connectivity index (χ0n) is 5.89. The van der Waals surface area contributed by atoms with E-state index in [2.05, 4.69) is 16.0 Å². The molecule has 2 heterocycles. The van der Waals surface area contributed by atoms with Gasteiger partial charge in [-0.15, -0.1) is 0 Å². The number of carbonyl (C=O) groups excluding carboxylic acids is 2. The van der Waals surface area contributed by atoms with Crippen molar-refractivity contribution in [3.05, 3.63) is 0 Å². The molecule has 11 heavy (non-hydrogen) atoms. The van der Waals surface area contributed by atoms with E-state index in [9.17, 15) is 9.59 Å². The summed E-state index contributed by atoms with van der Waals surface area (Å²) in [7, 11) is 0. The second-order valence-corrected chi connectivity index (χ2v) is 2.82. The van der Waals surface area contributed by atoms with E-state index in [1.54, 1.807) is 0 Å².